The number of benzene rings is 1. The monoisotopic (exact) mass is 491 g/mol. The van der Waals surface area contributed by atoms with E-state index < -0.39 is 11.8 Å². The van der Waals surface area contributed by atoms with E-state index >= 15 is 0 Å². The first-order valence-electron chi connectivity index (χ1n) is 11.3. The van der Waals surface area contributed by atoms with Crippen molar-refractivity contribution in [2.45, 2.75) is 24.3 Å². The Kier molecular flexibility index (Phi) is 4.93. The number of carbonyl (C=O) groups is 1. The Balaban J connectivity index is 1.35. The summed E-state index contributed by atoms with van der Waals surface area (Å²) in [6.45, 7) is 1.45. The molecule has 0 spiro atoms. The average molecular weight is 491 g/mol. The van der Waals surface area contributed by atoms with Crippen LogP contribution in [-0.4, -0.2) is 41.3 Å². The number of fused-ring (bicyclic) bond motifs is 4. The number of hydrogen-bond donors (Lipinski definition) is 3. The van der Waals surface area contributed by atoms with Crippen LogP contribution in [0.5, 0.6) is 0 Å². The summed E-state index contributed by atoms with van der Waals surface area (Å²) in [7, 11) is 0. The van der Waals surface area contributed by atoms with Crippen LogP contribution in [-0.2, 0) is 5.66 Å². The lowest BCUT2D eigenvalue weighted by atomic mass is 9.99. The number of nitrogens with zero attached hydrogens (tertiary/aromatic N) is 4. The smallest absolute Gasteiger partial charge is 0.366 e. The molecule has 0 unspecified atom stereocenters. The Bertz CT molecular complexity index is 1400. The lowest BCUT2D eigenvalue weighted by Crippen LogP contribution is -2.48. The molecule has 2 fully saturated rings. The van der Waals surface area contributed by atoms with Crippen molar-refractivity contribution in [1.82, 2.24) is 20.8 Å². The molecule has 3 aromatic rings. The number of aromatic nitrogens is 2. The number of hydrazine groups is 1. The third-order valence-electron chi connectivity index (χ3n) is 6.73. The van der Waals surface area contributed by atoms with E-state index in [0.29, 0.717) is 35.0 Å². The minimum absolute atomic E-state index is 0.0342. The number of carbonyl (C=O) groups excluding carboxylic acids is 1. The van der Waals surface area contributed by atoms with Gasteiger partial charge in [-0.2, -0.15) is 13.2 Å². The standard InChI is InChI=1S/C25H20F3N7O/c1-2-15-6-9-21(29-13-15)31-23(36)35-18-10-11-34(14-18)20-8-7-19(30-22(20)35)16-4-3-5-17(12-16)24(32-33-24)25(26,27)28/h1,3-9,12-13,18,32-33H,10-11,14H2,(H,29,31,36)/t18-/m0/s1. The van der Waals surface area contributed by atoms with Gasteiger partial charge in [0.1, 0.15) is 5.82 Å². The first-order valence-corrected chi connectivity index (χ1v) is 11.3. The normalized spacial score (nSPS) is 19.4. The van der Waals surface area contributed by atoms with Gasteiger partial charge < -0.3 is 4.90 Å². The molecular formula is C25H20F3N7O. The highest BCUT2D eigenvalue weighted by atomic mass is 19.4. The van der Waals surface area contributed by atoms with E-state index in [4.69, 9.17) is 11.4 Å². The van der Waals surface area contributed by atoms with E-state index in [1.54, 1.807) is 35.2 Å². The molecule has 1 atom stereocenters. The predicted octanol–water partition coefficient (Wildman–Crippen LogP) is 3.58. The number of nitrogens with one attached hydrogen (secondary N) is 3. The number of urea groups is 1. The Morgan fingerprint density at radius 2 is 2.03 bits per heavy atom. The first-order chi connectivity index (χ1) is 17.3. The predicted molar refractivity (Wildman–Crippen MR) is 128 cm³/mol. The molecule has 6 rings (SSSR count). The molecule has 2 saturated heterocycles. The van der Waals surface area contributed by atoms with Gasteiger partial charge in [0.2, 0.25) is 5.66 Å². The zero-order valence-corrected chi connectivity index (χ0v) is 18.8. The number of alkyl halides is 3. The molecule has 11 heteroatoms. The Hall–Kier alpha value is -4.14. The highest BCUT2D eigenvalue weighted by Gasteiger charge is 2.65. The van der Waals surface area contributed by atoms with Crippen LogP contribution in [0.4, 0.5) is 35.3 Å². The maximum Gasteiger partial charge on any atom is 0.426 e. The summed E-state index contributed by atoms with van der Waals surface area (Å²) in [5, 5.41) is 2.81. The molecular weight excluding hydrogens is 471 g/mol. The van der Waals surface area contributed by atoms with Crippen LogP contribution in [0.15, 0.2) is 54.7 Å². The largest absolute Gasteiger partial charge is 0.426 e. The Morgan fingerprint density at radius 1 is 1.19 bits per heavy atom. The second-order valence-corrected chi connectivity index (χ2v) is 8.88. The van der Waals surface area contributed by atoms with Gasteiger partial charge in [-0.3, -0.25) is 10.2 Å². The quantitative estimate of drug-likeness (QED) is 0.382. The third-order valence-corrected chi connectivity index (χ3v) is 6.73. The summed E-state index contributed by atoms with van der Waals surface area (Å²) in [5.74, 6) is 3.29. The van der Waals surface area contributed by atoms with Crippen molar-refractivity contribution in [3.8, 4) is 23.6 Å². The van der Waals surface area contributed by atoms with Gasteiger partial charge in [-0.05, 0) is 42.3 Å². The van der Waals surface area contributed by atoms with Crippen molar-refractivity contribution < 1.29 is 18.0 Å². The van der Waals surface area contributed by atoms with Crippen molar-refractivity contribution in [3.05, 3.63) is 65.9 Å². The minimum atomic E-state index is -4.51. The lowest BCUT2D eigenvalue weighted by Gasteiger charge is -2.35. The van der Waals surface area contributed by atoms with Gasteiger partial charge in [-0.25, -0.2) is 25.6 Å². The van der Waals surface area contributed by atoms with Gasteiger partial charge in [0.05, 0.1) is 17.4 Å². The summed E-state index contributed by atoms with van der Waals surface area (Å²) in [5.41, 5.74) is 4.58. The fraction of sp³-hybridized carbons (Fsp3) is 0.240. The van der Waals surface area contributed by atoms with E-state index in [1.165, 1.54) is 18.3 Å². The molecule has 8 nitrogen and oxygen atoms in total. The van der Waals surface area contributed by atoms with E-state index in [-0.39, 0.29) is 17.6 Å². The van der Waals surface area contributed by atoms with Crippen molar-refractivity contribution in [2.24, 2.45) is 0 Å². The van der Waals surface area contributed by atoms with Crippen LogP contribution in [0.1, 0.15) is 17.5 Å². The summed E-state index contributed by atoms with van der Waals surface area (Å²) in [6, 6.07) is 12.6. The van der Waals surface area contributed by atoms with Crippen LogP contribution in [0.2, 0.25) is 0 Å². The molecule has 0 aliphatic carbocycles. The molecule has 2 bridgehead atoms. The highest BCUT2D eigenvalue weighted by Crippen LogP contribution is 2.44. The first kappa shape index (κ1) is 22.3. The van der Waals surface area contributed by atoms with Crippen LogP contribution in [0, 0.1) is 12.3 Å². The fourth-order valence-corrected chi connectivity index (χ4v) is 4.78. The molecule has 3 N–H and O–H groups in total. The molecule has 182 valence electrons. The molecule has 0 radical (unpaired) electrons. The topological polar surface area (TPSA) is 105 Å². The van der Waals surface area contributed by atoms with Gasteiger partial charge in [-0.1, -0.05) is 24.1 Å². The molecule has 1 aromatic carbocycles. The molecule has 36 heavy (non-hydrogen) atoms. The van der Waals surface area contributed by atoms with Gasteiger partial charge in [0, 0.05) is 30.4 Å². The number of halogens is 3. The van der Waals surface area contributed by atoms with Gasteiger partial charge in [-0.15, -0.1) is 6.42 Å². The maximum atomic E-state index is 13.6. The van der Waals surface area contributed by atoms with E-state index in [9.17, 15) is 18.0 Å². The SMILES string of the molecule is C#Cc1ccc(NC(=O)N2c3nc(-c4cccc(C5(C(F)(F)F)NN5)c4)ccc3N3CC[C@H]2C3)nc1. The molecule has 2 aromatic heterocycles. The third kappa shape index (κ3) is 3.54. The van der Waals surface area contributed by atoms with Crippen LogP contribution in [0.3, 0.4) is 0 Å². The van der Waals surface area contributed by atoms with Crippen molar-refractivity contribution in [1.29, 1.82) is 0 Å². The molecule has 2 amide bonds. The zero-order valence-electron chi connectivity index (χ0n) is 18.8. The maximum absolute atomic E-state index is 13.6. The van der Waals surface area contributed by atoms with Crippen LogP contribution >= 0.6 is 0 Å². The Labute approximate surface area is 204 Å². The lowest BCUT2D eigenvalue weighted by molar-refractivity contribution is -0.165. The number of rotatable bonds is 3. The van der Waals surface area contributed by atoms with Gasteiger partial charge >= 0.3 is 12.2 Å². The van der Waals surface area contributed by atoms with Gasteiger partial charge in [0.25, 0.3) is 0 Å². The van der Waals surface area contributed by atoms with Gasteiger partial charge in [0.15, 0.2) is 5.82 Å². The summed E-state index contributed by atoms with van der Waals surface area (Å²) < 4.78 is 40.7. The fourth-order valence-electron chi connectivity index (χ4n) is 4.78. The van der Waals surface area contributed by atoms with Crippen LogP contribution in [0.25, 0.3) is 11.3 Å². The number of terminal acetylenes is 1. The number of amides is 2. The number of pyridine rings is 2. The molecule has 5 heterocycles. The molecule has 3 aliphatic rings. The van der Waals surface area contributed by atoms with E-state index in [1.807, 2.05) is 6.07 Å². The number of hydrogen-bond acceptors (Lipinski definition) is 6. The summed E-state index contributed by atoms with van der Waals surface area (Å²) in [6.07, 6.45) is 3.12. The summed E-state index contributed by atoms with van der Waals surface area (Å²) in [4.78, 5) is 26.1. The molecule has 0 saturated carbocycles. The van der Waals surface area contributed by atoms with Crippen molar-refractivity contribution >= 4 is 23.4 Å². The highest BCUT2D eigenvalue weighted by molar-refractivity contribution is 6.04. The van der Waals surface area contributed by atoms with E-state index in [0.717, 1.165) is 18.7 Å². The zero-order chi connectivity index (χ0) is 25.1. The number of anilines is 3. The van der Waals surface area contributed by atoms with E-state index in [2.05, 4.69) is 32.0 Å². The van der Waals surface area contributed by atoms with Crippen molar-refractivity contribution in [2.75, 3.05) is 28.2 Å². The minimum Gasteiger partial charge on any atom is -0.366 e. The second-order valence-electron chi connectivity index (χ2n) is 8.88. The van der Waals surface area contributed by atoms with Crippen LogP contribution < -0.4 is 26.0 Å². The second kappa shape index (κ2) is 7.94. The molecule has 3 aliphatic heterocycles. The van der Waals surface area contributed by atoms with Crippen molar-refractivity contribution in [3.63, 3.8) is 0 Å². The average Bonchev–Trinajstić information content (AvgIpc) is 3.61. The summed E-state index contributed by atoms with van der Waals surface area (Å²) >= 11 is 0. The Morgan fingerprint density at radius 3 is 2.72 bits per heavy atom.